The van der Waals surface area contributed by atoms with Crippen LogP contribution >= 0.6 is 11.6 Å². The van der Waals surface area contributed by atoms with Crippen LogP contribution in [-0.2, 0) is 38.1 Å². The zero-order chi connectivity index (χ0) is 25.0. The average molecular weight is 497 g/mol. The molecule has 1 aliphatic heterocycles. The normalized spacial score (nSPS) is 16.0. The molecule has 0 saturated carbocycles. The van der Waals surface area contributed by atoms with Crippen LogP contribution in [0.1, 0.15) is 37.0 Å². The fraction of sp³-hybridized carbons (Fsp3) is 0.375. The van der Waals surface area contributed by atoms with Crippen molar-refractivity contribution in [3.63, 3.8) is 0 Å². The summed E-state index contributed by atoms with van der Waals surface area (Å²) in [5.74, 6) is -2.54. The van der Waals surface area contributed by atoms with Crippen molar-refractivity contribution in [3.05, 3.63) is 58.1 Å². The van der Waals surface area contributed by atoms with Crippen LogP contribution < -0.4 is 10.2 Å². The summed E-state index contributed by atoms with van der Waals surface area (Å²) < 4.78 is 43.7. The minimum absolute atomic E-state index is 0.0545. The van der Waals surface area contributed by atoms with Crippen molar-refractivity contribution in [2.75, 3.05) is 23.4 Å². The summed E-state index contributed by atoms with van der Waals surface area (Å²) in [6.07, 6.45) is -3.22. The Kier molecular flexibility index (Phi) is 7.86. The summed E-state index contributed by atoms with van der Waals surface area (Å²) in [6, 6.07) is 8.33. The maximum absolute atomic E-state index is 12.9. The van der Waals surface area contributed by atoms with E-state index in [0.717, 1.165) is 41.8 Å². The molecule has 0 spiro atoms. The Morgan fingerprint density at radius 3 is 2.38 bits per heavy atom. The van der Waals surface area contributed by atoms with Gasteiger partial charge in [0.25, 0.3) is 5.91 Å². The maximum Gasteiger partial charge on any atom is 0.416 e. The molecule has 2 aromatic carbocycles. The number of halogens is 4. The number of benzene rings is 2. The predicted molar refractivity (Wildman–Crippen MR) is 122 cm³/mol. The molecule has 10 heteroatoms. The van der Waals surface area contributed by atoms with Crippen molar-refractivity contribution in [1.29, 1.82) is 0 Å². The number of para-hydroxylation sites is 1. The van der Waals surface area contributed by atoms with Gasteiger partial charge in [0.1, 0.15) is 0 Å². The molecule has 1 aliphatic rings. The van der Waals surface area contributed by atoms with Crippen LogP contribution in [0.25, 0.3) is 0 Å². The molecule has 1 N–H and O–H groups in total. The molecule has 1 heterocycles. The van der Waals surface area contributed by atoms with Gasteiger partial charge in [-0.05, 0) is 42.2 Å². The van der Waals surface area contributed by atoms with Crippen LogP contribution in [0.2, 0.25) is 5.02 Å². The lowest BCUT2D eigenvalue weighted by Gasteiger charge is -2.23. The summed E-state index contributed by atoms with van der Waals surface area (Å²) in [5, 5.41) is 2.13. The second kappa shape index (κ2) is 10.5. The molecule has 6 nitrogen and oxygen atoms in total. The number of carbonyl (C=O) groups excluding carboxylic acids is 3. The summed E-state index contributed by atoms with van der Waals surface area (Å²) >= 11 is 5.86. The Balaban J connectivity index is 1.63. The van der Waals surface area contributed by atoms with E-state index in [1.807, 2.05) is 32.0 Å². The van der Waals surface area contributed by atoms with E-state index >= 15 is 0 Å². The summed E-state index contributed by atoms with van der Waals surface area (Å²) in [6.45, 7) is 3.38. The van der Waals surface area contributed by atoms with E-state index in [1.54, 1.807) is 4.90 Å². The van der Waals surface area contributed by atoms with Crippen LogP contribution in [-0.4, -0.2) is 30.9 Å². The van der Waals surface area contributed by atoms with Crippen LogP contribution in [0.3, 0.4) is 0 Å². The van der Waals surface area contributed by atoms with Crippen molar-refractivity contribution in [1.82, 2.24) is 0 Å². The van der Waals surface area contributed by atoms with Crippen molar-refractivity contribution in [2.24, 2.45) is 5.92 Å². The standard InChI is InChI=1S/C24H24ClF3N2O4/c1-3-14-6-5-7-15(4-2)22(14)30-12-16(10-21(30)32)23(33)34-13-20(31)29-19-11-17(24(26,27)28)8-9-18(19)25/h5-9,11,16H,3-4,10,12-13H2,1-2H3,(H,29,31)/t16-/m0/s1. The van der Waals surface area contributed by atoms with E-state index in [1.165, 1.54) is 0 Å². The third-order valence-electron chi connectivity index (χ3n) is 5.61. The lowest BCUT2D eigenvalue weighted by Crippen LogP contribution is -2.29. The molecule has 34 heavy (non-hydrogen) atoms. The number of anilines is 2. The van der Waals surface area contributed by atoms with Crippen molar-refractivity contribution in [3.8, 4) is 0 Å². The van der Waals surface area contributed by atoms with E-state index < -0.39 is 36.1 Å². The Labute approximate surface area is 200 Å². The molecule has 2 amide bonds. The molecule has 0 aromatic heterocycles. The van der Waals surface area contributed by atoms with Crippen LogP contribution in [0.15, 0.2) is 36.4 Å². The van der Waals surface area contributed by atoms with Crippen LogP contribution in [0, 0.1) is 5.92 Å². The van der Waals surface area contributed by atoms with Crippen LogP contribution in [0.5, 0.6) is 0 Å². The molecular weight excluding hydrogens is 473 g/mol. The number of ether oxygens (including phenoxy) is 1. The largest absolute Gasteiger partial charge is 0.455 e. The smallest absolute Gasteiger partial charge is 0.416 e. The molecule has 2 aromatic rings. The Morgan fingerprint density at radius 2 is 1.79 bits per heavy atom. The Hall–Kier alpha value is -3.07. The molecule has 1 saturated heterocycles. The van der Waals surface area contributed by atoms with Gasteiger partial charge >= 0.3 is 12.1 Å². The van der Waals surface area contributed by atoms with Gasteiger partial charge in [0.05, 0.1) is 22.2 Å². The van der Waals surface area contributed by atoms with Crippen molar-refractivity contribution >= 4 is 40.8 Å². The highest BCUT2D eigenvalue weighted by Gasteiger charge is 2.38. The van der Waals surface area contributed by atoms with E-state index in [4.69, 9.17) is 16.3 Å². The summed E-state index contributed by atoms with van der Waals surface area (Å²) in [4.78, 5) is 39.0. The number of carbonyl (C=O) groups is 3. The summed E-state index contributed by atoms with van der Waals surface area (Å²) in [5.41, 5.74) is 1.58. The van der Waals surface area contributed by atoms with E-state index in [2.05, 4.69) is 5.32 Å². The van der Waals surface area contributed by atoms with Gasteiger partial charge in [-0.3, -0.25) is 14.4 Å². The number of nitrogens with one attached hydrogen (secondary N) is 1. The predicted octanol–water partition coefficient (Wildman–Crippen LogP) is 5.02. The molecule has 0 bridgehead atoms. The van der Waals surface area contributed by atoms with Gasteiger partial charge in [0.2, 0.25) is 5.91 Å². The number of hydrogen-bond donors (Lipinski definition) is 1. The fourth-order valence-electron chi connectivity index (χ4n) is 3.88. The first-order chi connectivity index (χ1) is 16.0. The quantitative estimate of drug-likeness (QED) is 0.546. The number of nitrogens with zero attached hydrogens (tertiary/aromatic N) is 1. The maximum atomic E-state index is 12.9. The molecule has 0 unspecified atom stereocenters. The molecule has 1 atom stereocenters. The van der Waals surface area contributed by atoms with Gasteiger partial charge in [-0.25, -0.2) is 0 Å². The minimum atomic E-state index is -4.61. The average Bonchev–Trinajstić information content (AvgIpc) is 3.18. The topological polar surface area (TPSA) is 75.7 Å². The highest BCUT2D eigenvalue weighted by molar-refractivity contribution is 6.33. The number of hydrogen-bond acceptors (Lipinski definition) is 4. The first kappa shape index (κ1) is 25.6. The monoisotopic (exact) mass is 496 g/mol. The van der Waals surface area contributed by atoms with E-state index in [-0.39, 0.29) is 29.6 Å². The molecule has 0 radical (unpaired) electrons. The SMILES string of the molecule is CCc1cccc(CC)c1N1C[C@@H](C(=O)OCC(=O)Nc2cc(C(F)(F)F)ccc2Cl)CC1=O. The lowest BCUT2D eigenvalue weighted by atomic mass is 10.0. The first-order valence-corrected chi connectivity index (χ1v) is 11.2. The van der Waals surface area contributed by atoms with Crippen molar-refractivity contribution in [2.45, 2.75) is 39.3 Å². The van der Waals surface area contributed by atoms with Gasteiger partial charge in [-0.2, -0.15) is 13.2 Å². The van der Waals surface area contributed by atoms with E-state index in [0.29, 0.717) is 6.07 Å². The van der Waals surface area contributed by atoms with Gasteiger partial charge in [-0.15, -0.1) is 0 Å². The zero-order valence-corrected chi connectivity index (χ0v) is 19.4. The molecular formula is C24H24ClF3N2O4. The van der Waals surface area contributed by atoms with Gasteiger partial charge in [-0.1, -0.05) is 43.6 Å². The second-order valence-corrected chi connectivity index (χ2v) is 8.29. The Morgan fingerprint density at radius 1 is 1.15 bits per heavy atom. The van der Waals surface area contributed by atoms with Crippen LogP contribution in [0.4, 0.5) is 24.5 Å². The van der Waals surface area contributed by atoms with E-state index in [9.17, 15) is 27.6 Å². The lowest BCUT2D eigenvalue weighted by molar-refractivity contribution is -0.151. The number of amides is 2. The fourth-order valence-corrected chi connectivity index (χ4v) is 4.05. The van der Waals surface area contributed by atoms with Gasteiger partial charge in [0, 0.05) is 18.7 Å². The highest BCUT2D eigenvalue weighted by Crippen LogP contribution is 2.34. The number of rotatable bonds is 7. The van der Waals surface area contributed by atoms with Crippen molar-refractivity contribution < 1.29 is 32.3 Å². The van der Waals surface area contributed by atoms with Gasteiger partial charge in [0.15, 0.2) is 6.61 Å². The second-order valence-electron chi connectivity index (χ2n) is 7.89. The summed E-state index contributed by atoms with van der Waals surface area (Å²) in [7, 11) is 0. The first-order valence-electron chi connectivity index (χ1n) is 10.8. The zero-order valence-electron chi connectivity index (χ0n) is 18.7. The number of alkyl halides is 3. The molecule has 182 valence electrons. The Bertz CT molecular complexity index is 1080. The molecule has 0 aliphatic carbocycles. The molecule has 3 rings (SSSR count). The highest BCUT2D eigenvalue weighted by atomic mass is 35.5. The minimum Gasteiger partial charge on any atom is -0.455 e. The number of aryl methyl sites for hydroxylation is 2. The molecule has 1 fully saturated rings. The third kappa shape index (κ3) is 5.70. The number of esters is 1. The van der Waals surface area contributed by atoms with Gasteiger partial charge < -0.3 is 15.0 Å². The third-order valence-corrected chi connectivity index (χ3v) is 5.94.